The summed E-state index contributed by atoms with van der Waals surface area (Å²) in [6.45, 7) is 4.17. The maximum atomic E-state index is 12.7. The van der Waals surface area contributed by atoms with E-state index >= 15 is 0 Å². The molecule has 0 heterocycles. The van der Waals surface area contributed by atoms with Gasteiger partial charge in [-0.15, -0.1) is 0 Å². The fourth-order valence-electron chi connectivity index (χ4n) is 2.22. The molecule has 0 saturated carbocycles. The van der Waals surface area contributed by atoms with Crippen LogP contribution >= 0.6 is 0 Å². The Morgan fingerprint density at radius 3 is 2.24 bits per heavy atom. The van der Waals surface area contributed by atoms with Gasteiger partial charge in [-0.1, -0.05) is 36.8 Å². The lowest BCUT2D eigenvalue weighted by molar-refractivity contribution is -0.142. The summed E-state index contributed by atoms with van der Waals surface area (Å²) in [5.74, 6) is -2.04. The molecule has 9 heteroatoms. The summed E-state index contributed by atoms with van der Waals surface area (Å²) in [6.07, 6.45) is 4.68. The second-order valence-electron chi connectivity index (χ2n) is 6.86. The van der Waals surface area contributed by atoms with Crippen LogP contribution in [-0.4, -0.2) is 54.6 Å². The number of esters is 1. The molecule has 0 radical (unpaired) electrons. The van der Waals surface area contributed by atoms with E-state index in [2.05, 4.69) is 21.4 Å². The molecule has 0 aromatic heterocycles. The van der Waals surface area contributed by atoms with Crippen LogP contribution in [0.25, 0.3) is 0 Å². The molecule has 0 saturated heterocycles. The van der Waals surface area contributed by atoms with E-state index < -0.39 is 42.1 Å². The minimum absolute atomic E-state index is 0.387. The molecular weight excluding hydrogens is 378 g/mol. The number of carbonyl (C=O) groups is 4. The highest BCUT2D eigenvalue weighted by molar-refractivity contribution is 5.92. The molecule has 9 nitrogen and oxygen atoms in total. The van der Waals surface area contributed by atoms with Gasteiger partial charge in [0.2, 0.25) is 5.91 Å². The molecule has 1 atom stereocenters. The van der Waals surface area contributed by atoms with Crippen LogP contribution in [0, 0.1) is 12.5 Å². The summed E-state index contributed by atoms with van der Waals surface area (Å²) >= 11 is 0. The molecule has 2 N–H and O–H groups in total. The average Bonchev–Trinajstić information content (AvgIpc) is 2.67. The zero-order valence-electron chi connectivity index (χ0n) is 16.9. The SMILES string of the molecule is C#CN(C(=O)CNC(=O)OC(C)(C)C)C(C(=O)NCC(=O)OC)c1ccccc1. The molecule has 156 valence electrons. The second kappa shape index (κ2) is 10.7. The van der Waals surface area contributed by atoms with Crippen LogP contribution in [0.1, 0.15) is 32.4 Å². The van der Waals surface area contributed by atoms with Crippen molar-refractivity contribution in [3.8, 4) is 12.5 Å². The van der Waals surface area contributed by atoms with Crippen LogP contribution in [0.4, 0.5) is 4.79 Å². The van der Waals surface area contributed by atoms with Crippen LogP contribution in [0.15, 0.2) is 30.3 Å². The molecule has 29 heavy (non-hydrogen) atoms. The molecule has 1 rings (SSSR count). The van der Waals surface area contributed by atoms with E-state index in [4.69, 9.17) is 11.2 Å². The first kappa shape index (κ1) is 23.5. The minimum atomic E-state index is -1.21. The Kier molecular flexibility index (Phi) is 8.68. The lowest BCUT2D eigenvalue weighted by atomic mass is 10.0. The van der Waals surface area contributed by atoms with Gasteiger partial charge in [0.05, 0.1) is 7.11 Å². The molecule has 3 amide bonds. The number of benzene rings is 1. The predicted octanol–water partition coefficient (Wildman–Crippen LogP) is 0.961. The van der Waals surface area contributed by atoms with E-state index in [9.17, 15) is 19.2 Å². The molecular formula is C20H25N3O6. The summed E-state index contributed by atoms with van der Waals surface area (Å²) in [5, 5.41) is 4.69. The van der Waals surface area contributed by atoms with Gasteiger partial charge in [-0.3, -0.25) is 19.3 Å². The standard InChI is InChI=1S/C20H25N3O6/c1-6-23(15(24)12-22-19(27)29-20(2,3)4)17(14-10-8-7-9-11-14)18(26)21-13-16(25)28-5/h1,7-11,17H,12-13H2,2-5H3,(H,21,26)(H,22,27). The number of ether oxygens (including phenoxy) is 2. The third-order valence-electron chi connectivity index (χ3n) is 3.45. The lowest BCUT2D eigenvalue weighted by Gasteiger charge is -2.26. The average molecular weight is 403 g/mol. The van der Waals surface area contributed by atoms with Gasteiger partial charge in [-0.05, 0) is 26.3 Å². The number of methoxy groups -OCH3 is 1. The van der Waals surface area contributed by atoms with Crippen molar-refractivity contribution < 1.29 is 28.7 Å². The Morgan fingerprint density at radius 1 is 1.10 bits per heavy atom. The third-order valence-corrected chi connectivity index (χ3v) is 3.45. The van der Waals surface area contributed by atoms with E-state index in [1.54, 1.807) is 51.1 Å². The first-order valence-corrected chi connectivity index (χ1v) is 8.73. The van der Waals surface area contributed by atoms with Crippen molar-refractivity contribution in [3.63, 3.8) is 0 Å². The lowest BCUT2D eigenvalue weighted by Crippen LogP contribution is -2.46. The van der Waals surface area contributed by atoms with Crippen LogP contribution < -0.4 is 10.6 Å². The van der Waals surface area contributed by atoms with Gasteiger partial charge in [0.25, 0.3) is 5.91 Å². The van der Waals surface area contributed by atoms with Crippen molar-refractivity contribution >= 4 is 23.9 Å². The monoisotopic (exact) mass is 403 g/mol. The highest BCUT2D eigenvalue weighted by Gasteiger charge is 2.31. The van der Waals surface area contributed by atoms with E-state index in [-0.39, 0.29) is 6.54 Å². The number of hydrogen-bond donors (Lipinski definition) is 2. The first-order chi connectivity index (χ1) is 13.6. The molecule has 1 aromatic rings. The summed E-state index contributed by atoms with van der Waals surface area (Å²) in [6, 6.07) is 9.27. The summed E-state index contributed by atoms with van der Waals surface area (Å²) < 4.78 is 9.56. The number of carbonyl (C=O) groups excluding carboxylic acids is 4. The van der Waals surface area contributed by atoms with Crippen LogP contribution in [0.2, 0.25) is 0 Å². The van der Waals surface area contributed by atoms with E-state index in [0.29, 0.717) is 5.56 Å². The number of terminal acetylenes is 1. The normalized spacial score (nSPS) is 11.4. The molecule has 1 aromatic carbocycles. The Balaban J connectivity index is 2.97. The quantitative estimate of drug-likeness (QED) is 0.398. The van der Waals surface area contributed by atoms with Crippen LogP contribution in [0.5, 0.6) is 0 Å². The van der Waals surface area contributed by atoms with Gasteiger partial charge < -0.3 is 20.1 Å². The maximum absolute atomic E-state index is 12.7. The van der Waals surface area contributed by atoms with Gasteiger partial charge in [-0.2, -0.15) is 0 Å². The van der Waals surface area contributed by atoms with Gasteiger partial charge >= 0.3 is 12.1 Å². The highest BCUT2D eigenvalue weighted by atomic mass is 16.6. The number of hydrogen-bond acceptors (Lipinski definition) is 6. The highest BCUT2D eigenvalue weighted by Crippen LogP contribution is 2.20. The number of alkyl carbamates (subject to hydrolysis) is 1. The number of amides is 3. The Morgan fingerprint density at radius 2 is 1.72 bits per heavy atom. The van der Waals surface area contributed by atoms with Crippen molar-refractivity contribution in [2.24, 2.45) is 0 Å². The van der Waals surface area contributed by atoms with Crippen molar-refractivity contribution in [1.82, 2.24) is 15.5 Å². The van der Waals surface area contributed by atoms with Crippen molar-refractivity contribution in [2.75, 3.05) is 20.2 Å². The van der Waals surface area contributed by atoms with E-state index in [0.717, 1.165) is 4.90 Å². The second-order valence-corrected chi connectivity index (χ2v) is 6.86. The van der Waals surface area contributed by atoms with E-state index in [1.165, 1.54) is 7.11 Å². The molecule has 0 bridgehead atoms. The van der Waals surface area contributed by atoms with E-state index in [1.807, 2.05) is 0 Å². The third kappa shape index (κ3) is 7.92. The Bertz CT molecular complexity index is 780. The number of nitrogens with one attached hydrogen (secondary N) is 2. The largest absolute Gasteiger partial charge is 0.468 e. The Hall–Kier alpha value is -3.54. The van der Waals surface area contributed by atoms with Crippen molar-refractivity contribution in [3.05, 3.63) is 35.9 Å². The zero-order valence-corrected chi connectivity index (χ0v) is 16.9. The van der Waals surface area contributed by atoms with Gasteiger partial charge in [0.15, 0.2) is 0 Å². The van der Waals surface area contributed by atoms with Crippen LogP contribution in [0.3, 0.4) is 0 Å². The fourth-order valence-corrected chi connectivity index (χ4v) is 2.22. The summed E-state index contributed by atoms with van der Waals surface area (Å²) in [4.78, 5) is 49.2. The van der Waals surface area contributed by atoms with Gasteiger partial charge in [-0.25, -0.2) is 4.79 Å². The van der Waals surface area contributed by atoms with Gasteiger partial charge in [0, 0.05) is 6.04 Å². The van der Waals surface area contributed by atoms with Crippen molar-refractivity contribution in [2.45, 2.75) is 32.4 Å². The maximum Gasteiger partial charge on any atom is 0.408 e. The molecule has 0 aliphatic carbocycles. The topological polar surface area (TPSA) is 114 Å². The van der Waals surface area contributed by atoms with Gasteiger partial charge in [0.1, 0.15) is 24.7 Å². The first-order valence-electron chi connectivity index (χ1n) is 8.73. The summed E-state index contributed by atoms with van der Waals surface area (Å²) in [5.41, 5.74) is -0.308. The number of nitrogens with zero attached hydrogens (tertiary/aromatic N) is 1. The smallest absolute Gasteiger partial charge is 0.408 e. The zero-order chi connectivity index (χ0) is 22.0. The summed E-state index contributed by atoms with van der Waals surface area (Å²) in [7, 11) is 1.18. The molecule has 0 aliphatic heterocycles. The minimum Gasteiger partial charge on any atom is -0.468 e. The molecule has 0 fully saturated rings. The number of rotatable bonds is 7. The van der Waals surface area contributed by atoms with Crippen molar-refractivity contribution in [1.29, 1.82) is 0 Å². The Labute approximate surface area is 169 Å². The van der Waals surface area contributed by atoms with Crippen LogP contribution in [-0.2, 0) is 23.9 Å². The molecule has 1 unspecified atom stereocenters. The molecule has 0 aliphatic rings. The fraction of sp³-hybridized carbons (Fsp3) is 0.400. The molecule has 0 spiro atoms. The predicted molar refractivity (Wildman–Crippen MR) is 104 cm³/mol.